The molecule has 0 spiro atoms. The third kappa shape index (κ3) is 6.25. The predicted octanol–water partition coefficient (Wildman–Crippen LogP) is 0.207. The smallest absolute Gasteiger partial charge is 0.408 e. The fourth-order valence-electron chi connectivity index (χ4n) is 4.45. The van der Waals surface area contributed by atoms with Gasteiger partial charge in [0.15, 0.2) is 17.4 Å². The molecule has 1 aliphatic rings. The molecule has 3 heterocycles. The second kappa shape index (κ2) is 12.3. The molecule has 5 rings (SSSR count). The Bertz CT molecular complexity index is 1560. The number of fused-ring (bicyclic) bond motifs is 1. The number of nitrogens with zero attached hydrogens (tertiary/aromatic N) is 3. The van der Waals surface area contributed by atoms with E-state index in [2.05, 4.69) is 25.6 Å². The highest BCUT2D eigenvalue weighted by molar-refractivity contribution is 5.96. The number of imidazole rings is 1. The number of nitrogens with one attached hydrogen (secondary N) is 3. The van der Waals surface area contributed by atoms with Crippen molar-refractivity contribution in [2.75, 3.05) is 11.9 Å². The number of hydrogen-bond donors (Lipinski definition) is 6. The summed E-state index contributed by atoms with van der Waals surface area (Å²) in [6.45, 7) is -0.539. The Kier molecular flexibility index (Phi) is 8.35. The summed E-state index contributed by atoms with van der Waals surface area (Å²) in [6.07, 6.45) is -4.58. The van der Waals surface area contributed by atoms with Crippen LogP contribution in [0.3, 0.4) is 0 Å². The molecule has 1 aliphatic heterocycles. The van der Waals surface area contributed by atoms with E-state index < -0.39 is 54.7 Å². The van der Waals surface area contributed by atoms with Crippen molar-refractivity contribution in [3.05, 3.63) is 88.5 Å². The molecule has 5 unspecified atom stereocenters. The normalized spacial score (nSPS) is 21.0. The van der Waals surface area contributed by atoms with Crippen molar-refractivity contribution >= 4 is 29.1 Å². The molecule has 0 radical (unpaired) electrons. The maximum Gasteiger partial charge on any atom is 0.408 e. The number of alkyl carbamates (subject to hydrolysis) is 1. The first-order valence-electron chi connectivity index (χ1n) is 12.8. The third-order valence-electron chi connectivity index (χ3n) is 6.57. The minimum absolute atomic E-state index is 0.00278. The number of aromatic amines is 1. The van der Waals surface area contributed by atoms with Crippen molar-refractivity contribution in [3.63, 3.8) is 0 Å². The Morgan fingerprint density at radius 2 is 1.73 bits per heavy atom. The summed E-state index contributed by atoms with van der Waals surface area (Å²) in [7, 11) is 0. The van der Waals surface area contributed by atoms with Crippen LogP contribution in [-0.4, -0.2) is 77.8 Å². The van der Waals surface area contributed by atoms with Crippen molar-refractivity contribution in [2.45, 2.75) is 43.6 Å². The van der Waals surface area contributed by atoms with E-state index in [0.717, 1.165) is 11.1 Å². The van der Waals surface area contributed by atoms with Crippen molar-refractivity contribution in [3.8, 4) is 0 Å². The van der Waals surface area contributed by atoms with Gasteiger partial charge < -0.3 is 30.1 Å². The molecule has 0 aliphatic carbocycles. The summed E-state index contributed by atoms with van der Waals surface area (Å²) >= 11 is 0. The van der Waals surface area contributed by atoms with Gasteiger partial charge in [0, 0.05) is 6.42 Å². The van der Waals surface area contributed by atoms with Crippen LogP contribution in [0, 0.1) is 0 Å². The van der Waals surface area contributed by atoms with Crippen LogP contribution in [0.25, 0.3) is 11.2 Å². The van der Waals surface area contributed by atoms with Crippen LogP contribution in [0.1, 0.15) is 17.4 Å². The summed E-state index contributed by atoms with van der Waals surface area (Å²) in [5, 5.41) is 35.0. The first-order valence-corrected chi connectivity index (χ1v) is 12.8. The lowest BCUT2D eigenvalue weighted by Crippen LogP contribution is -2.45. The summed E-state index contributed by atoms with van der Waals surface area (Å²) in [4.78, 5) is 49.4. The summed E-state index contributed by atoms with van der Waals surface area (Å²) < 4.78 is 12.0. The number of ether oxygens (including phenoxy) is 2. The second-order valence-electron chi connectivity index (χ2n) is 9.41. The first kappa shape index (κ1) is 27.9. The van der Waals surface area contributed by atoms with Gasteiger partial charge in [0.1, 0.15) is 31.0 Å². The number of aliphatic hydroxyl groups excluding tert-OH is 3. The quantitative estimate of drug-likeness (QED) is 0.163. The van der Waals surface area contributed by atoms with Crippen LogP contribution >= 0.6 is 0 Å². The molecule has 1 fully saturated rings. The van der Waals surface area contributed by atoms with Gasteiger partial charge in [0.05, 0.1) is 12.9 Å². The van der Waals surface area contributed by atoms with E-state index >= 15 is 0 Å². The van der Waals surface area contributed by atoms with Gasteiger partial charge in [-0.25, -0.2) is 9.78 Å². The van der Waals surface area contributed by atoms with Crippen LogP contribution in [0.4, 0.5) is 10.7 Å². The Labute approximate surface area is 232 Å². The van der Waals surface area contributed by atoms with E-state index in [0.29, 0.717) is 0 Å². The Morgan fingerprint density at radius 3 is 2.39 bits per heavy atom. The van der Waals surface area contributed by atoms with Crippen LogP contribution in [-0.2, 0) is 27.3 Å². The topological polar surface area (TPSA) is 201 Å². The van der Waals surface area contributed by atoms with Gasteiger partial charge in [0.25, 0.3) is 5.56 Å². The highest BCUT2D eigenvalue weighted by Crippen LogP contribution is 2.30. The summed E-state index contributed by atoms with van der Waals surface area (Å²) in [5.74, 6) is -0.939. The highest BCUT2D eigenvalue weighted by Gasteiger charge is 2.44. The zero-order valence-corrected chi connectivity index (χ0v) is 21.6. The Morgan fingerprint density at radius 1 is 1.05 bits per heavy atom. The molecular weight excluding hydrogens is 536 g/mol. The third-order valence-corrected chi connectivity index (χ3v) is 6.57. The molecule has 41 heavy (non-hydrogen) atoms. The monoisotopic (exact) mass is 564 g/mol. The molecule has 1 saturated heterocycles. The highest BCUT2D eigenvalue weighted by atomic mass is 16.6. The number of H-pyrrole nitrogens is 1. The average molecular weight is 565 g/mol. The molecule has 214 valence electrons. The number of hydrogen-bond acceptors (Lipinski definition) is 10. The van der Waals surface area contributed by atoms with Gasteiger partial charge in [0.2, 0.25) is 11.9 Å². The fraction of sp³-hybridized carbons (Fsp3) is 0.296. The zero-order valence-electron chi connectivity index (χ0n) is 21.6. The maximum absolute atomic E-state index is 13.3. The molecule has 5 atom stereocenters. The first-order chi connectivity index (χ1) is 19.8. The fourth-order valence-corrected chi connectivity index (χ4v) is 4.45. The van der Waals surface area contributed by atoms with Gasteiger partial charge in [-0.05, 0) is 11.1 Å². The van der Waals surface area contributed by atoms with E-state index in [9.17, 15) is 29.7 Å². The number of anilines is 1. The van der Waals surface area contributed by atoms with Gasteiger partial charge in [-0.15, -0.1) is 0 Å². The summed E-state index contributed by atoms with van der Waals surface area (Å²) in [6, 6.07) is 16.9. The van der Waals surface area contributed by atoms with E-state index in [4.69, 9.17) is 9.47 Å². The number of aliphatic hydroxyl groups is 3. The van der Waals surface area contributed by atoms with Crippen LogP contribution in [0.15, 0.2) is 71.8 Å². The van der Waals surface area contributed by atoms with E-state index in [1.54, 1.807) is 36.4 Å². The lowest BCUT2D eigenvalue weighted by atomic mass is 10.1. The molecular formula is C27H28N6O8. The number of benzene rings is 2. The average Bonchev–Trinajstić information content (AvgIpc) is 3.53. The van der Waals surface area contributed by atoms with E-state index in [1.165, 1.54) is 10.9 Å². The van der Waals surface area contributed by atoms with Crippen molar-refractivity contribution in [2.24, 2.45) is 0 Å². The van der Waals surface area contributed by atoms with Gasteiger partial charge >= 0.3 is 6.09 Å². The van der Waals surface area contributed by atoms with Crippen LogP contribution in [0.2, 0.25) is 0 Å². The number of rotatable bonds is 9. The van der Waals surface area contributed by atoms with Crippen molar-refractivity contribution in [1.29, 1.82) is 0 Å². The second-order valence-corrected chi connectivity index (χ2v) is 9.41. The van der Waals surface area contributed by atoms with Crippen molar-refractivity contribution in [1.82, 2.24) is 24.8 Å². The predicted molar refractivity (Wildman–Crippen MR) is 143 cm³/mol. The minimum Gasteiger partial charge on any atom is -0.445 e. The van der Waals surface area contributed by atoms with Gasteiger partial charge in [-0.1, -0.05) is 60.7 Å². The molecule has 0 bridgehead atoms. The van der Waals surface area contributed by atoms with Gasteiger partial charge in [-0.2, -0.15) is 4.98 Å². The Hall–Kier alpha value is -4.63. The number of aromatic nitrogens is 4. The summed E-state index contributed by atoms with van der Waals surface area (Å²) in [5.41, 5.74) is 0.687. The number of carbonyl (C=O) groups excluding carboxylic acids is 2. The van der Waals surface area contributed by atoms with Crippen molar-refractivity contribution < 1.29 is 34.4 Å². The minimum atomic E-state index is -1.44. The molecule has 6 N–H and O–H groups in total. The lowest BCUT2D eigenvalue weighted by molar-refractivity contribution is -0.118. The molecule has 4 aromatic rings. The van der Waals surface area contributed by atoms with E-state index in [-0.39, 0.29) is 30.1 Å². The molecule has 2 aromatic carbocycles. The molecule has 2 amide bonds. The standard InChI is InChI=1S/C27H28N6O8/c34-12-18-20(35)21(36)25(41-18)33-14-28-19-22(33)30-26(32-24(19)38)31-23(37)17(11-15-7-3-1-4-8-15)29-27(39)40-13-16-9-5-2-6-10-16/h1-10,14,17-18,20-21,25,34-36H,11-13H2,(H,29,39)(H2,30,31,32,37,38). The van der Waals surface area contributed by atoms with Gasteiger partial charge in [-0.3, -0.25) is 24.5 Å². The number of amides is 2. The van der Waals surface area contributed by atoms with E-state index in [1.807, 2.05) is 24.3 Å². The van der Waals surface area contributed by atoms with Crippen LogP contribution in [0.5, 0.6) is 0 Å². The maximum atomic E-state index is 13.3. The lowest BCUT2D eigenvalue weighted by Gasteiger charge is -2.19. The Balaban J connectivity index is 1.36. The molecule has 0 saturated carbocycles. The number of carbonyl (C=O) groups is 2. The molecule has 2 aromatic heterocycles. The zero-order chi connectivity index (χ0) is 28.9. The largest absolute Gasteiger partial charge is 0.445 e. The van der Waals surface area contributed by atoms with Crippen LogP contribution < -0.4 is 16.2 Å². The molecule has 14 nitrogen and oxygen atoms in total. The SMILES string of the molecule is O=C(NC(Cc1ccccc1)C(=O)Nc1nc2c(ncn2C2OC(CO)C(O)C2O)c(=O)[nH]1)OCc1ccccc1. The molecule has 14 heteroatoms.